The Balaban J connectivity index is 3.13. The van der Waals surface area contributed by atoms with Gasteiger partial charge in [0, 0.05) is 18.8 Å². The van der Waals surface area contributed by atoms with Crippen molar-refractivity contribution in [1.29, 1.82) is 0 Å². The second-order valence-electron chi connectivity index (χ2n) is 8.02. The molecule has 0 radical (unpaired) electrons. The van der Waals surface area contributed by atoms with E-state index in [2.05, 4.69) is 5.32 Å². The second-order valence-corrected chi connectivity index (χ2v) is 8.40. The summed E-state index contributed by atoms with van der Waals surface area (Å²) in [4.78, 5) is 11.6. The number of nitrogens with one attached hydrogen (secondary N) is 1. The standard InChI is InChI=1S/C21H42ClNO2/c1-21(2,3)25-20(24)16-14-12-10-8-6-4-5-7-9-11-13-15-18-23-19-17-22/h23H,4-19H2,1-3H3. The zero-order chi connectivity index (χ0) is 18.8. The molecule has 3 nitrogen and oxygen atoms in total. The van der Waals surface area contributed by atoms with Crippen LogP contribution in [-0.2, 0) is 9.53 Å². The molecule has 0 atom stereocenters. The van der Waals surface area contributed by atoms with Gasteiger partial charge in [-0.15, -0.1) is 11.6 Å². The number of esters is 1. The van der Waals surface area contributed by atoms with E-state index in [1.807, 2.05) is 20.8 Å². The van der Waals surface area contributed by atoms with E-state index >= 15 is 0 Å². The van der Waals surface area contributed by atoms with Crippen molar-refractivity contribution in [2.24, 2.45) is 0 Å². The van der Waals surface area contributed by atoms with Crippen LogP contribution in [0.1, 0.15) is 104 Å². The molecule has 0 spiro atoms. The summed E-state index contributed by atoms with van der Waals surface area (Å²) in [5.41, 5.74) is -0.349. The van der Waals surface area contributed by atoms with Crippen molar-refractivity contribution in [2.45, 2.75) is 110 Å². The lowest BCUT2D eigenvalue weighted by atomic mass is 10.0. The normalized spacial score (nSPS) is 11.7. The molecular formula is C21H42ClNO2. The molecule has 0 bridgehead atoms. The summed E-state index contributed by atoms with van der Waals surface area (Å²) in [6.07, 6.45) is 16.1. The van der Waals surface area contributed by atoms with E-state index in [1.165, 1.54) is 64.2 Å². The largest absolute Gasteiger partial charge is 0.460 e. The zero-order valence-electron chi connectivity index (χ0n) is 17.0. The molecule has 0 aliphatic rings. The minimum Gasteiger partial charge on any atom is -0.460 e. The monoisotopic (exact) mass is 375 g/mol. The van der Waals surface area contributed by atoms with E-state index in [9.17, 15) is 4.79 Å². The summed E-state index contributed by atoms with van der Waals surface area (Å²) in [7, 11) is 0. The highest BCUT2D eigenvalue weighted by Gasteiger charge is 2.15. The van der Waals surface area contributed by atoms with Crippen molar-refractivity contribution in [1.82, 2.24) is 5.32 Å². The van der Waals surface area contributed by atoms with Gasteiger partial charge in [-0.25, -0.2) is 0 Å². The van der Waals surface area contributed by atoms with Crippen LogP contribution < -0.4 is 5.32 Å². The number of rotatable bonds is 17. The third-order valence-corrected chi connectivity index (χ3v) is 4.36. The molecule has 0 aromatic carbocycles. The van der Waals surface area contributed by atoms with Crippen molar-refractivity contribution >= 4 is 17.6 Å². The maximum absolute atomic E-state index is 11.6. The van der Waals surface area contributed by atoms with Gasteiger partial charge >= 0.3 is 5.97 Å². The first-order chi connectivity index (χ1) is 12.0. The van der Waals surface area contributed by atoms with Gasteiger partial charge in [-0.3, -0.25) is 4.79 Å². The topological polar surface area (TPSA) is 38.3 Å². The van der Waals surface area contributed by atoms with Crippen LogP contribution in [0.2, 0.25) is 0 Å². The summed E-state index contributed by atoms with van der Waals surface area (Å²) in [6, 6.07) is 0. The number of carbonyl (C=O) groups excluding carboxylic acids is 1. The van der Waals surface area contributed by atoms with Gasteiger partial charge in [0.25, 0.3) is 0 Å². The number of hydrogen-bond acceptors (Lipinski definition) is 3. The van der Waals surface area contributed by atoms with Crippen molar-refractivity contribution in [3.63, 3.8) is 0 Å². The molecule has 0 heterocycles. The lowest BCUT2D eigenvalue weighted by Crippen LogP contribution is -2.23. The maximum atomic E-state index is 11.6. The molecule has 0 saturated heterocycles. The minimum absolute atomic E-state index is 0.0534. The molecular weight excluding hydrogens is 334 g/mol. The zero-order valence-corrected chi connectivity index (χ0v) is 17.8. The summed E-state index contributed by atoms with van der Waals surface area (Å²) < 4.78 is 5.31. The van der Waals surface area contributed by atoms with Gasteiger partial charge in [-0.05, 0) is 40.2 Å². The Labute approximate surface area is 161 Å². The van der Waals surface area contributed by atoms with Crippen LogP contribution in [0.15, 0.2) is 0 Å². The van der Waals surface area contributed by atoms with Crippen molar-refractivity contribution in [2.75, 3.05) is 19.0 Å². The first kappa shape index (κ1) is 24.7. The van der Waals surface area contributed by atoms with Gasteiger partial charge in [0.05, 0.1) is 0 Å². The molecule has 0 aliphatic heterocycles. The van der Waals surface area contributed by atoms with Crippen molar-refractivity contribution < 1.29 is 9.53 Å². The van der Waals surface area contributed by atoms with Gasteiger partial charge in [-0.1, -0.05) is 64.2 Å². The second kappa shape index (κ2) is 17.1. The van der Waals surface area contributed by atoms with E-state index < -0.39 is 0 Å². The van der Waals surface area contributed by atoms with Crippen molar-refractivity contribution in [3.05, 3.63) is 0 Å². The number of ether oxygens (including phenoxy) is 1. The molecule has 25 heavy (non-hydrogen) atoms. The fraction of sp³-hybridized carbons (Fsp3) is 0.952. The molecule has 0 rings (SSSR count). The van der Waals surface area contributed by atoms with Crippen molar-refractivity contribution in [3.8, 4) is 0 Å². The predicted molar refractivity (Wildman–Crippen MR) is 109 cm³/mol. The predicted octanol–water partition coefficient (Wildman–Crippen LogP) is 6.23. The van der Waals surface area contributed by atoms with E-state index in [4.69, 9.17) is 16.3 Å². The van der Waals surface area contributed by atoms with Crippen LogP contribution in [0.3, 0.4) is 0 Å². The van der Waals surface area contributed by atoms with Gasteiger partial charge < -0.3 is 10.1 Å². The Morgan fingerprint density at radius 2 is 1.20 bits per heavy atom. The summed E-state index contributed by atoms with van der Waals surface area (Å²) in [5.74, 6) is 0.659. The van der Waals surface area contributed by atoms with E-state index in [-0.39, 0.29) is 11.6 Å². The molecule has 0 aliphatic carbocycles. The van der Waals surface area contributed by atoms with Gasteiger partial charge in [0.15, 0.2) is 0 Å². The first-order valence-electron chi connectivity index (χ1n) is 10.4. The van der Waals surface area contributed by atoms with Crippen LogP contribution in [-0.4, -0.2) is 30.5 Å². The van der Waals surface area contributed by atoms with E-state index in [0.717, 1.165) is 25.9 Å². The lowest BCUT2D eigenvalue weighted by molar-refractivity contribution is -0.154. The molecule has 1 N–H and O–H groups in total. The van der Waals surface area contributed by atoms with Crippen LogP contribution in [0.4, 0.5) is 0 Å². The fourth-order valence-corrected chi connectivity index (χ4v) is 3.01. The third-order valence-electron chi connectivity index (χ3n) is 4.18. The lowest BCUT2D eigenvalue weighted by Gasteiger charge is -2.19. The third kappa shape index (κ3) is 21.7. The molecule has 0 saturated carbocycles. The highest BCUT2D eigenvalue weighted by molar-refractivity contribution is 6.18. The number of carbonyl (C=O) groups is 1. The van der Waals surface area contributed by atoms with Crippen LogP contribution in [0, 0.1) is 0 Å². The number of hydrogen-bond donors (Lipinski definition) is 1. The van der Waals surface area contributed by atoms with Crippen LogP contribution in [0.25, 0.3) is 0 Å². The minimum atomic E-state index is -0.349. The SMILES string of the molecule is CC(C)(C)OC(=O)CCCCCCCCCCCCCCNCCCl. The number of unbranched alkanes of at least 4 members (excludes halogenated alkanes) is 11. The maximum Gasteiger partial charge on any atom is 0.306 e. The quantitative estimate of drug-likeness (QED) is 0.186. The highest BCUT2D eigenvalue weighted by Crippen LogP contribution is 2.14. The average Bonchev–Trinajstić information content (AvgIpc) is 2.53. The van der Waals surface area contributed by atoms with Gasteiger partial charge in [0.2, 0.25) is 0 Å². The number of halogens is 1. The summed E-state index contributed by atoms with van der Waals surface area (Å²) in [5, 5.41) is 3.33. The van der Waals surface area contributed by atoms with Crippen LogP contribution >= 0.6 is 11.6 Å². The Morgan fingerprint density at radius 3 is 1.64 bits per heavy atom. The Morgan fingerprint density at radius 1 is 0.760 bits per heavy atom. The first-order valence-corrected chi connectivity index (χ1v) is 11.0. The molecule has 150 valence electrons. The Hall–Kier alpha value is -0.280. The summed E-state index contributed by atoms with van der Waals surface area (Å²) >= 11 is 5.61. The highest BCUT2D eigenvalue weighted by atomic mass is 35.5. The molecule has 0 fully saturated rings. The van der Waals surface area contributed by atoms with Gasteiger partial charge in [-0.2, -0.15) is 0 Å². The Kier molecular flexibility index (Phi) is 17.0. The Bertz CT molecular complexity index is 303. The van der Waals surface area contributed by atoms with Crippen LogP contribution in [0.5, 0.6) is 0 Å². The molecule has 4 heteroatoms. The molecule has 0 aromatic heterocycles. The average molecular weight is 376 g/mol. The molecule has 0 aromatic rings. The number of alkyl halides is 1. The molecule has 0 amide bonds. The van der Waals surface area contributed by atoms with E-state index in [0.29, 0.717) is 12.3 Å². The van der Waals surface area contributed by atoms with Gasteiger partial charge in [0.1, 0.15) is 5.60 Å². The molecule has 0 unspecified atom stereocenters. The smallest absolute Gasteiger partial charge is 0.306 e. The fourth-order valence-electron chi connectivity index (χ4n) is 2.87. The van der Waals surface area contributed by atoms with E-state index in [1.54, 1.807) is 0 Å². The summed E-state index contributed by atoms with van der Waals surface area (Å²) in [6.45, 7) is 7.81.